The number of hydrogen-bond donors (Lipinski definition) is 1. The molecule has 0 radical (unpaired) electrons. The van der Waals surface area contributed by atoms with Gasteiger partial charge in [0.25, 0.3) is 0 Å². The highest BCUT2D eigenvalue weighted by Gasteiger charge is 2.00. The van der Waals surface area contributed by atoms with Gasteiger partial charge in [0, 0.05) is 38.2 Å². The highest BCUT2D eigenvalue weighted by Crippen LogP contribution is 2.10. The van der Waals surface area contributed by atoms with Gasteiger partial charge in [-0.25, -0.2) is 4.79 Å². The molecule has 1 aromatic heterocycles. The van der Waals surface area contributed by atoms with E-state index < -0.39 is 0 Å². The number of nitrogens with zero attached hydrogens (tertiary/aromatic N) is 2. The van der Waals surface area contributed by atoms with Gasteiger partial charge in [-0.2, -0.15) is 0 Å². The Morgan fingerprint density at radius 1 is 1.29 bits per heavy atom. The summed E-state index contributed by atoms with van der Waals surface area (Å²) >= 11 is 0. The van der Waals surface area contributed by atoms with Crippen molar-refractivity contribution in [3.05, 3.63) is 53.2 Å². The number of aromatic amines is 1. The highest BCUT2D eigenvalue weighted by molar-refractivity contribution is 5.44. The van der Waals surface area contributed by atoms with Crippen molar-refractivity contribution in [2.75, 3.05) is 18.5 Å². The standard InChI is InChI=1S/C13H17N3O/c1-15(12-6-3-2-4-7-12)9-5-10-16-11-8-14-13(16)17/h2-4,6-8,11H,5,9-10H2,1H3,(H,14,17). The van der Waals surface area contributed by atoms with Crippen molar-refractivity contribution in [2.24, 2.45) is 0 Å². The smallest absolute Gasteiger partial charge is 0.325 e. The lowest BCUT2D eigenvalue weighted by molar-refractivity contribution is 0.621. The fraction of sp³-hybridized carbons (Fsp3) is 0.308. The molecule has 0 aliphatic rings. The van der Waals surface area contributed by atoms with Gasteiger partial charge in [-0.3, -0.25) is 4.57 Å². The Bertz CT molecular complexity index is 501. The Morgan fingerprint density at radius 3 is 2.71 bits per heavy atom. The summed E-state index contributed by atoms with van der Waals surface area (Å²) in [4.78, 5) is 16.1. The topological polar surface area (TPSA) is 41.0 Å². The maximum atomic E-state index is 11.3. The predicted octanol–water partition coefficient (Wildman–Crippen LogP) is 1.70. The van der Waals surface area contributed by atoms with E-state index in [0.717, 1.165) is 19.5 Å². The van der Waals surface area contributed by atoms with Crippen LogP contribution in [0.2, 0.25) is 0 Å². The second-order valence-electron chi connectivity index (χ2n) is 4.07. The van der Waals surface area contributed by atoms with Crippen LogP contribution >= 0.6 is 0 Å². The zero-order valence-electron chi connectivity index (χ0n) is 9.97. The van der Waals surface area contributed by atoms with Crippen molar-refractivity contribution in [3.8, 4) is 0 Å². The lowest BCUT2D eigenvalue weighted by Gasteiger charge is -2.18. The summed E-state index contributed by atoms with van der Waals surface area (Å²) in [6.07, 6.45) is 4.40. The second-order valence-corrected chi connectivity index (χ2v) is 4.07. The summed E-state index contributed by atoms with van der Waals surface area (Å²) in [5.41, 5.74) is 1.17. The molecule has 4 nitrogen and oxygen atoms in total. The number of nitrogens with one attached hydrogen (secondary N) is 1. The molecule has 4 heteroatoms. The molecule has 0 amide bonds. The van der Waals surface area contributed by atoms with Crippen LogP contribution in [0.5, 0.6) is 0 Å². The quantitative estimate of drug-likeness (QED) is 0.851. The van der Waals surface area contributed by atoms with Crippen LogP contribution in [0.25, 0.3) is 0 Å². The van der Waals surface area contributed by atoms with E-state index >= 15 is 0 Å². The van der Waals surface area contributed by atoms with Crippen LogP contribution in [-0.4, -0.2) is 23.1 Å². The number of anilines is 1. The van der Waals surface area contributed by atoms with Gasteiger partial charge in [-0.15, -0.1) is 0 Å². The molecule has 0 aliphatic carbocycles. The van der Waals surface area contributed by atoms with Gasteiger partial charge in [0.05, 0.1) is 0 Å². The Kier molecular flexibility index (Phi) is 3.65. The van der Waals surface area contributed by atoms with Gasteiger partial charge in [0.1, 0.15) is 0 Å². The average molecular weight is 231 g/mol. The van der Waals surface area contributed by atoms with Crippen molar-refractivity contribution in [2.45, 2.75) is 13.0 Å². The van der Waals surface area contributed by atoms with E-state index in [2.05, 4.69) is 29.1 Å². The van der Waals surface area contributed by atoms with Crippen molar-refractivity contribution >= 4 is 5.69 Å². The van der Waals surface area contributed by atoms with Crippen LogP contribution < -0.4 is 10.6 Å². The van der Waals surface area contributed by atoms with Crippen molar-refractivity contribution < 1.29 is 0 Å². The van der Waals surface area contributed by atoms with E-state index in [9.17, 15) is 4.79 Å². The molecule has 0 saturated heterocycles. The molecule has 1 heterocycles. The lowest BCUT2D eigenvalue weighted by Crippen LogP contribution is -2.22. The first-order valence-corrected chi connectivity index (χ1v) is 5.77. The maximum absolute atomic E-state index is 11.3. The molecule has 17 heavy (non-hydrogen) atoms. The minimum Gasteiger partial charge on any atom is -0.375 e. The number of aromatic nitrogens is 2. The molecule has 0 spiro atoms. The number of imidazole rings is 1. The highest BCUT2D eigenvalue weighted by atomic mass is 16.1. The number of aryl methyl sites for hydroxylation is 1. The minimum atomic E-state index is -0.0348. The Labute approximate surface area is 101 Å². The number of benzene rings is 1. The van der Waals surface area contributed by atoms with Gasteiger partial charge < -0.3 is 9.88 Å². The normalized spacial score (nSPS) is 10.4. The third kappa shape index (κ3) is 3.00. The molecule has 1 aromatic carbocycles. The molecule has 90 valence electrons. The van der Waals surface area contributed by atoms with E-state index in [-0.39, 0.29) is 5.69 Å². The number of H-pyrrole nitrogens is 1. The monoisotopic (exact) mass is 231 g/mol. The van der Waals surface area contributed by atoms with E-state index in [4.69, 9.17) is 0 Å². The van der Waals surface area contributed by atoms with Gasteiger partial charge >= 0.3 is 5.69 Å². The zero-order chi connectivity index (χ0) is 12.1. The van der Waals surface area contributed by atoms with Gasteiger partial charge in [0.2, 0.25) is 0 Å². The summed E-state index contributed by atoms with van der Waals surface area (Å²) in [5.74, 6) is 0. The van der Waals surface area contributed by atoms with E-state index in [0.29, 0.717) is 0 Å². The van der Waals surface area contributed by atoms with Crippen LogP contribution in [0.3, 0.4) is 0 Å². The Balaban J connectivity index is 1.83. The molecule has 0 bridgehead atoms. The van der Waals surface area contributed by atoms with Crippen LogP contribution in [0.15, 0.2) is 47.5 Å². The molecular formula is C13H17N3O. The summed E-state index contributed by atoms with van der Waals surface area (Å²) in [6, 6.07) is 10.2. The first-order chi connectivity index (χ1) is 8.27. The fourth-order valence-corrected chi connectivity index (χ4v) is 1.82. The summed E-state index contributed by atoms with van der Waals surface area (Å²) in [6.45, 7) is 1.68. The fourth-order valence-electron chi connectivity index (χ4n) is 1.82. The van der Waals surface area contributed by atoms with Crippen molar-refractivity contribution in [1.29, 1.82) is 0 Å². The molecule has 0 fully saturated rings. The van der Waals surface area contributed by atoms with Crippen molar-refractivity contribution in [1.82, 2.24) is 9.55 Å². The molecule has 0 unspecified atom stereocenters. The van der Waals surface area contributed by atoms with Crippen LogP contribution in [0.1, 0.15) is 6.42 Å². The third-order valence-electron chi connectivity index (χ3n) is 2.81. The molecule has 2 aromatic rings. The van der Waals surface area contributed by atoms with Gasteiger partial charge in [-0.05, 0) is 18.6 Å². The largest absolute Gasteiger partial charge is 0.375 e. The first-order valence-electron chi connectivity index (χ1n) is 5.77. The predicted molar refractivity (Wildman–Crippen MR) is 69.4 cm³/mol. The molecule has 2 rings (SSSR count). The van der Waals surface area contributed by atoms with E-state index in [1.165, 1.54) is 5.69 Å². The van der Waals surface area contributed by atoms with Gasteiger partial charge in [-0.1, -0.05) is 18.2 Å². The molecular weight excluding hydrogens is 214 g/mol. The number of rotatable bonds is 5. The zero-order valence-corrected chi connectivity index (χ0v) is 9.97. The lowest BCUT2D eigenvalue weighted by atomic mass is 10.3. The van der Waals surface area contributed by atoms with Crippen LogP contribution in [-0.2, 0) is 6.54 Å². The summed E-state index contributed by atoms with van der Waals surface area (Å²) in [7, 11) is 2.06. The third-order valence-corrected chi connectivity index (χ3v) is 2.81. The van der Waals surface area contributed by atoms with Gasteiger partial charge in [0.15, 0.2) is 0 Å². The Hall–Kier alpha value is -1.97. The summed E-state index contributed by atoms with van der Waals surface area (Å²) < 4.78 is 1.69. The van der Waals surface area contributed by atoms with E-state index in [1.54, 1.807) is 17.0 Å². The minimum absolute atomic E-state index is 0.0348. The molecule has 0 atom stereocenters. The van der Waals surface area contributed by atoms with Crippen LogP contribution in [0, 0.1) is 0 Å². The van der Waals surface area contributed by atoms with Crippen LogP contribution in [0.4, 0.5) is 5.69 Å². The molecule has 1 N–H and O–H groups in total. The number of para-hydroxylation sites is 1. The average Bonchev–Trinajstić information content (AvgIpc) is 2.76. The SMILES string of the molecule is CN(CCCn1cc[nH]c1=O)c1ccccc1. The number of hydrogen-bond acceptors (Lipinski definition) is 2. The van der Waals surface area contributed by atoms with Crippen molar-refractivity contribution in [3.63, 3.8) is 0 Å². The molecule has 0 aliphatic heterocycles. The Morgan fingerprint density at radius 2 is 2.06 bits per heavy atom. The molecule has 0 saturated carbocycles. The second kappa shape index (κ2) is 5.39. The summed E-state index contributed by atoms with van der Waals surface area (Å²) in [5, 5.41) is 0. The van der Waals surface area contributed by atoms with E-state index in [1.807, 2.05) is 18.2 Å². The first kappa shape index (κ1) is 11.5. The maximum Gasteiger partial charge on any atom is 0.325 e.